The van der Waals surface area contributed by atoms with Gasteiger partial charge in [0.1, 0.15) is 0 Å². The average Bonchev–Trinajstić information content (AvgIpc) is 2.63. The summed E-state index contributed by atoms with van der Waals surface area (Å²) in [5.41, 5.74) is 2.31. The van der Waals surface area contributed by atoms with E-state index in [9.17, 15) is 0 Å². The molecule has 0 N–H and O–H groups in total. The number of rotatable bonds is 4. The standard InChI is InChI=1S/C13H15ClN2/c1-16-13-9-5-4-7-11(13)12(15-16)8-3-2-6-10-14/h2-5,7,9H,6,8,10H2,1H3. The van der Waals surface area contributed by atoms with Gasteiger partial charge in [-0.3, -0.25) is 4.68 Å². The topological polar surface area (TPSA) is 17.8 Å². The Bertz CT molecular complexity index is 500. The number of allylic oxidation sites excluding steroid dienone is 2. The van der Waals surface area contributed by atoms with Crippen LogP contribution in [0.25, 0.3) is 10.9 Å². The van der Waals surface area contributed by atoms with Gasteiger partial charge < -0.3 is 0 Å². The molecule has 0 fully saturated rings. The summed E-state index contributed by atoms with van der Waals surface area (Å²) < 4.78 is 1.93. The largest absolute Gasteiger partial charge is 0.268 e. The molecule has 0 radical (unpaired) electrons. The lowest BCUT2D eigenvalue weighted by molar-refractivity contribution is 0.776. The number of aromatic nitrogens is 2. The van der Waals surface area contributed by atoms with Crippen molar-refractivity contribution >= 4 is 22.5 Å². The second-order valence-electron chi connectivity index (χ2n) is 3.74. The summed E-state index contributed by atoms with van der Waals surface area (Å²) in [4.78, 5) is 0. The molecule has 0 atom stereocenters. The van der Waals surface area contributed by atoms with Crippen LogP contribution >= 0.6 is 11.6 Å². The fourth-order valence-electron chi connectivity index (χ4n) is 1.82. The van der Waals surface area contributed by atoms with Crippen molar-refractivity contribution in [3.05, 3.63) is 42.1 Å². The molecule has 1 aromatic heterocycles. The SMILES string of the molecule is Cn1nc(CC=CCCCl)c2ccccc21. The van der Waals surface area contributed by atoms with Crippen molar-refractivity contribution in [3.8, 4) is 0 Å². The Morgan fingerprint density at radius 1 is 1.31 bits per heavy atom. The van der Waals surface area contributed by atoms with Gasteiger partial charge in [-0.05, 0) is 12.5 Å². The predicted octanol–water partition coefficient (Wildman–Crippen LogP) is 3.30. The number of fused-ring (bicyclic) bond motifs is 1. The van der Waals surface area contributed by atoms with Gasteiger partial charge in [-0.1, -0.05) is 30.4 Å². The number of benzene rings is 1. The molecule has 2 rings (SSSR count). The minimum Gasteiger partial charge on any atom is -0.268 e. The number of halogens is 1. The maximum absolute atomic E-state index is 5.61. The van der Waals surface area contributed by atoms with Crippen LogP contribution in [-0.4, -0.2) is 15.7 Å². The van der Waals surface area contributed by atoms with Gasteiger partial charge in [0.15, 0.2) is 0 Å². The van der Waals surface area contributed by atoms with Crippen LogP contribution in [0.1, 0.15) is 12.1 Å². The molecule has 0 aliphatic rings. The second-order valence-corrected chi connectivity index (χ2v) is 4.12. The molecule has 0 unspecified atom stereocenters. The van der Waals surface area contributed by atoms with Crippen LogP contribution in [0, 0.1) is 0 Å². The first-order chi connectivity index (χ1) is 7.83. The lowest BCUT2D eigenvalue weighted by atomic mass is 10.1. The van der Waals surface area contributed by atoms with E-state index in [1.54, 1.807) is 0 Å². The molecule has 0 spiro atoms. The Kier molecular flexibility index (Phi) is 3.62. The summed E-state index contributed by atoms with van der Waals surface area (Å²) in [6, 6.07) is 8.30. The zero-order valence-corrected chi connectivity index (χ0v) is 10.1. The van der Waals surface area contributed by atoms with E-state index in [4.69, 9.17) is 11.6 Å². The van der Waals surface area contributed by atoms with Crippen LogP contribution in [0.5, 0.6) is 0 Å². The number of para-hydroxylation sites is 1. The van der Waals surface area contributed by atoms with Gasteiger partial charge in [0, 0.05) is 24.7 Å². The minimum atomic E-state index is 0.680. The Morgan fingerprint density at radius 3 is 2.94 bits per heavy atom. The van der Waals surface area contributed by atoms with Gasteiger partial charge in [-0.2, -0.15) is 5.10 Å². The van der Waals surface area contributed by atoms with Crippen LogP contribution in [0.15, 0.2) is 36.4 Å². The van der Waals surface area contributed by atoms with E-state index in [1.807, 2.05) is 17.8 Å². The first-order valence-electron chi connectivity index (χ1n) is 5.44. The normalized spacial score (nSPS) is 11.6. The van der Waals surface area contributed by atoms with Crippen LogP contribution < -0.4 is 0 Å². The van der Waals surface area contributed by atoms with E-state index in [-0.39, 0.29) is 0 Å². The number of nitrogens with zero attached hydrogens (tertiary/aromatic N) is 2. The van der Waals surface area contributed by atoms with Crippen molar-refractivity contribution < 1.29 is 0 Å². The summed E-state index contributed by atoms with van der Waals surface area (Å²) in [7, 11) is 1.98. The highest BCUT2D eigenvalue weighted by Crippen LogP contribution is 2.17. The molecule has 2 aromatic rings. The third-order valence-corrected chi connectivity index (χ3v) is 2.81. The maximum Gasteiger partial charge on any atom is 0.0740 e. The van der Waals surface area contributed by atoms with Gasteiger partial charge in [0.2, 0.25) is 0 Å². The van der Waals surface area contributed by atoms with Crippen LogP contribution in [0.4, 0.5) is 0 Å². The van der Waals surface area contributed by atoms with Gasteiger partial charge in [-0.25, -0.2) is 0 Å². The van der Waals surface area contributed by atoms with E-state index in [1.165, 1.54) is 10.9 Å². The maximum atomic E-state index is 5.61. The first kappa shape index (κ1) is 11.2. The molecule has 84 valence electrons. The molecule has 0 amide bonds. The molecule has 2 nitrogen and oxygen atoms in total. The van der Waals surface area contributed by atoms with Crippen molar-refractivity contribution in [2.75, 3.05) is 5.88 Å². The van der Waals surface area contributed by atoms with Crippen molar-refractivity contribution in [1.82, 2.24) is 9.78 Å². The molecule has 0 aliphatic heterocycles. The fraction of sp³-hybridized carbons (Fsp3) is 0.308. The van der Waals surface area contributed by atoms with E-state index < -0.39 is 0 Å². The van der Waals surface area contributed by atoms with E-state index >= 15 is 0 Å². The van der Waals surface area contributed by atoms with Crippen molar-refractivity contribution in [2.45, 2.75) is 12.8 Å². The summed E-state index contributed by atoms with van der Waals surface area (Å²) in [6.45, 7) is 0. The fourth-order valence-corrected chi connectivity index (χ4v) is 1.94. The van der Waals surface area contributed by atoms with Crippen LogP contribution in [0.3, 0.4) is 0 Å². The monoisotopic (exact) mass is 234 g/mol. The lowest BCUT2D eigenvalue weighted by Gasteiger charge is -1.91. The minimum absolute atomic E-state index is 0.680. The molecule has 1 heterocycles. The third-order valence-electron chi connectivity index (χ3n) is 2.59. The Labute approximate surface area is 101 Å². The zero-order valence-electron chi connectivity index (χ0n) is 9.36. The van der Waals surface area contributed by atoms with Crippen molar-refractivity contribution in [1.29, 1.82) is 0 Å². The smallest absolute Gasteiger partial charge is 0.0740 e. The third kappa shape index (κ3) is 2.27. The van der Waals surface area contributed by atoms with E-state index in [0.29, 0.717) is 5.88 Å². The number of hydrogen-bond acceptors (Lipinski definition) is 1. The van der Waals surface area contributed by atoms with Crippen LogP contribution in [0.2, 0.25) is 0 Å². The van der Waals surface area contributed by atoms with Crippen molar-refractivity contribution in [3.63, 3.8) is 0 Å². The molecule has 0 saturated heterocycles. The summed E-state index contributed by atoms with van der Waals surface area (Å²) >= 11 is 5.61. The Balaban J connectivity index is 2.24. The lowest BCUT2D eigenvalue weighted by Crippen LogP contribution is -1.90. The first-order valence-corrected chi connectivity index (χ1v) is 5.98. The van der Waals surface area contributed by atoms with Gasteiger partial charge >= 0.3 is 0 Å². The number of hydrogen-bond donors (Lipinski definition) is 0. The van der Waals surface area contributed by atoms with Crippen LogP contribution in [-0.2, 0) is 13.5 Å². The summed E-state index contributed by atoms with van der Waals surface area (Å²) in [5, 5.41) is 5.76. The highest BCUT2D eigenvalue weighted by atomic mass is 35.5. The molecule has 0 aliphatic carbocycles. The number of aryl methyl sites for hydroxylation is 1. The van der Waals surface area contributed by atoms with Crippen molar-refractivity contribution in [2.24, 2.45) is 7.05 Å². The summed E-state index contributed by atoms with van der Waals surface area (Å²) in [5.74, 6) is 0.680. The number of alkyl halides is 1. The second kappa shape index (κ2) is 5.17. The van der Waals surface area contributed by atoms with E-state index in [0.717, 1.165) is 18.5 Å². The molecule has 3 heteroatoms. The molecular weight excluding hydrogens is 220 g/mol. The predicted molar refractivity (Wildman–Crippen MR) is 68.9 cm³/mol. The Morgan fingerprint density at radius 2 is 2.12 bits per heavy atom. The van der Waals surface area contributed by atoms with Gasteiger partial charge in [0.25, 0.3) is 0 Å². The zero-order chi connectivity index (χ0) is 11.4. The molecule has 0 saturated carbocycles. The Hall–Kier alpha value is -1.28. The molecule has 16 heavy (non-hydrogen) atoms. The quantitative estimate of drug-likeness (QED) is 0.586. The molecular formula is C13H15ClN2. The van der Waals surface area contributed by atoms with E-state index in [2.05, 4.69) is 35.4 Å². The highest BCUT2D eigenvalue weighted by Gasteiger charge is 2.05. The average molecular weight is 235 g/mol. The highest BCUT2D eigenvalue weighted by molar-refractivity contribution is 6.17. The van der Waals surface area contributed by atoms with Gasteiger partial charge in [0.05, 0.1) is 11.2 Å². The van der Waals surface area contributed by atoms with Gasteiger partial charge in [-0.15, -0.1) is 11.6 Å². The molecule has 0 bridgehead atoms. The summed E-state index contributed by atoms with van der Waals surface area (Å²) in [6.07, 6.45) is 6.04. The molecule has 1 aromatic carbocycles.